The third kappa shape index (κ3) is 8.52. The molecule has 0 aromatic carbocycles. The summed E-state index contributed by atoms with van der Waals surface area (Å²) in [7, 11) is -3.40. The fraction of sp³-hybridized carbons (Fsp3) is 0.636. The number of sulfonamides is 1. The van der Waals surface area contributed by atoms with Crippen molar-refractivity contribution in [3.8, 4) is 0 Å². The molecule has 1 aromatic heterocycles. The van der Waals surface area contributed by atoms with E-state index in [9.17, 15) is 17.6 Å². The summed E-state index contributed by atoms with van der Waals surface area (Å²) < 4.78 is 39.8. The lowest BCUT2D eigenvalue weighted by Gasteiger charge is -2.29. The molecule has 1 heterocycles. The van der Waals surface area contributed by atoms with E-state index in [4.69, 9.17) is 0 Å². The van der Waals surface area contributed by atoms with E-state index in [1.807, 2.05) is 12.1 Å². The summed E-state index contributed by atoms with van der Waals surface area (Å²) >= 11 is 0. The standard InChI is InChI=1S/C22H34FN3O3S/c23-14-18-26(30(28,29)21-10-4-3-5-11-21)17-7-2-1-6-16-25-22(27)13-12-20-9-8-15-24-19-20/h8-9,12-13,15,19,21H,1-7,10-11,14,16-18H2,(H,25,27)/b13-12+. The predicted molar refractivity (Wildman–Crippen MR) is 118 cm³/mol. The Balaban J connectivity index is 1.62. The quantitative estimate of drug-likeness (QED) is 0.375. The minimum absolute atomic E-state index is 0.0435. The maximum atomic E-state index is 12.9. The summed E-state index contributed by atoms with van der Waals surface area (Å²) in [6.45, 7) is 0.260. The molecule has 30 heavy (non-hydrogen) atoms. The van der Waals surface area contributed by atoms with Crippen LogP contribution in [0.5, 0.6) is 0 Å². The van der Waals surface area contributed by atoms with E-state index in [1.165, 1.54) is 10.4 Å². The summed E-state index contributed by atoms with van der Waals surface area (Å²) in [5.74, 6) is -0.147. The minimum atomic E-state index is -3.40. The van der Waals surface area contributed by atoms with Crippen molar-refractivity contribution in [2.45, 2.75) is 63.0 Å². The maximum Gasteiger partial charge on any atom is 0.243 e. The van der Waals surface area contributed by atoms with Crippen LogP contribution in [0.3, 0.4) is 0 Å². The van der Waals surface area contributed by atoms with Gasteiger partial charge < -0.3 is 5.32 Å². The second-order valence-electron chi connectivity index (χ2n) is 7.72. The van der Waals surface area contributed by atoms with Gasteiger partial charge in [-0.2, -0.15) is 4.31 Å². The Hall–Kier alpha value is -1.80. The predicted octanol–water partition coefficient (Wildman–Crippen LogP) is 3.71. The van der Waals surface area contributed by atoms with Gasteiger partial charge in [-0.25, -0.2) is 12.8 Å². The van der Waals surface area contributed by atoms with Crippen LogP contribution in [0.2, 0.25) is 0 Å². The van der Waals surface area contributed by atoms with Crippen LogP contribution in [0.4, 0.5) is 4.39 Å². The Kier molecular flexibility index (Phi) is 11.0. The molecule has 6 nitrogen and oxygen atoms in total. The first kappa shape index (κ1) is 24.5. The molecular formula is C22H34FN3O3S. The molecule has 0 radical (unpaired) electrons. The second-order valence-corrected chi connectivity index (χ2v) is 9.93. The highest BCUT2D eigenvalue weighted by Gasteiger charge is 2.32. The summed E-state index contributed by atoms with van der Waals surface area (Å²) in [5, 5.41) is 2.50. The summed E-state index contributed by atoms with van der Waals surface area (Å²) in [5.41, 5.74) is 0.869. The van der Waals surface area contributed by atoms with Crippen molar-refractivity contribution in [3.05, 3.63) is 36.2 Å². The number of hydrogen-bond donors (Lipinski definition) is 1. The van der Waals surface area contributed by atoms with Gasteiger partial charge in [-0.1, -0.05) is 38.2 Å². The lowest BCUT2D eigenvalue weighted by molar-refractivity contribution is -0.116. The van der Waals surface area contributed by atoms with Crippen LogP contribution in [-0.4, -0.2) is 55.2 Å². The van der Waals surface area contributed by atoms with E-state index in [2.05, 4.69) is 10.3 Å². The Morgan fingerprint density at radius 1 is 1.17 bits per heavy atom. The number of nitrogens with one attached hydrogen (secondary N) is 1. The van der Waals surface area contributed by atoms with Gasteiger partial charge in [0.25, 0.3) is 0 Å². The van der Waals surface area contributed by atoms with Gasteiger partial charge >= 0.3 is 0 Å². The van der Waals surface area contributed by atoms with E-state index in [1.54, 1.807) is 18.5 Å². The van der Waals surface area contributed by atoms with Crippen molar-refractivity contribution in [2.75, 3.05) is 26.3 Å². The molecule has 1 aliphatic carbocycles. The molecule has 168 valence electrons. The van der Waals surface area contributed by atoms with Crippen LogP contribution >= 0.6 is 0 Å². The number of carbonyl (C=O) groups is 1. The Labute approximate surface area is 180 Å². The second kappa shape index (κ2) is 13.5. The maximum absolute atomic E-state index is 12.9. The highest BCUT2D eigenvalue weighted by atomic mass is 32.2. The van der Waals surface area contributed by atoms with Crippen LogP contribution in [0, 0.1) is 0 Å². The SMILES string of the molecule is O=C(/C=C/c1cccnc1)NCCCCCCN(CCF)S(=O)(=O)C1CCCCC1. The number of carbonyl (C=O) groups excluding carboxylic acids is 1. The Morgan fingerprint density at radius 2 is 1.93 bits per heavy atom. The van der Waals surface area contributed by atoms with E-state index in [0.29, 0.717) is 32.4 Å². The van der Waals surface area contributed by atoms with Crippen LogP contribution in [0.1, 0.15) is 63.4 Å². The summed E-state index contributed by atoms with van der Waals surface area (Å²) in [6, 6.07) is 3.68. The van der Waals surface area contributed by atoms with Crippen molar-refractivity contribution >= 4 is 22.0 Å². The fourth-order valence-corrected chi connectivity index (χ4v) is 5.78. The van der Waals surface area contributed by atoms with Gasteiger partial charge in [0.1, 0.15) is 6.67 Å². The van der Waals surface area contributed by atoms with Crippen LogP contribution in [0.25, 0.3) is 6.08 Å². The molecule has 0 bridgehead atoms. The molecule has 1 aliphatic rings. The van der Waals surface area contributed by atoms with E-state index >= 15 is 0 Å². The molecule has 1 N–H and O–H groups in total. The van der Waals surface area contributed by atoms with E-state index < -0.39 is 16.7 Å². The molecule has 0 aliphatic heterocycles. The molecule has 0 saturated heterocycles. The van der Waals surface area contributed by atoms with Gasteiger partial charge in [-0.15, -0.1) is 0 Å². The molecular weight excluding hydrogens is 405 g/mol. The lowest BCUT2D eigenvalue weighted by atomic mass is 10.0. The zero-order valence-corrected chi connectivity index (χ0v) is 18.5. The molecule has 0 spiro atoms. The zero-order chi connectivity index (χ0) is 21.7. The van der Waals surface area contributed by atoms with Crippen LogP contribution < -0.4 is 5.32 Å². The molecule has 1 saturated carbocycles. The van der Waals surface area contributed by atoms with Crippen molar-refractivity contribution in [2.24, 2.45) is 0 Å². The van der Waals surface area contributed by atoms with Crippen molar-refractivity contribution in [1.29, 1.82) is 0 Å². The molecule has 0 atom stereocenters. The van der Waals surface area contributed by atoms with E-state index in [-0.39, 0.29) is 17.7 Å². The lowest BCUT2D eigenvalue weighted by Crippen LogP contribution is -2.41. The van der Waals surface area contributed by atoms with Gasteiger partial charge in [-0.3, -0.25) is 9.78 Å². The van der Waals surface area contributed by atoms with Gasteiger partial charge in [0.2, 0.25) is 15.9 Å². The van der Waals surface area contributed by atoms with Gasteiger partial charge in [0.05, 0.1) is 5.25 Å². The Bertz CT molecular complexity index is 750. The number of pyridine rings is 1. The van der Waals surface area contributed by atoms with Crippen molar-refractivity contribution < 1.29 is 17.6 Å². The summed E-state index contributed by atoms with van der Waals surface area (Å²) in [4.78, 5) is 15.8. The number of unbranched alkanes of at least 4 members (excludes halogenated alkanes) is 3. The van der Waals surface area contributed by atoms with Crippen molar-refractivity contribution in [3.63, 3.8) is 0 Å². The van der Waals surface area contributed by atoms with Crippen LogP contribution in [-0.2, 0) is 14.8 Å². The molecule has 1 amide bonds. The van der Waals surface area contributed by atoms with Gasteiger partial charge in [0.15, 0.2) is 0 Å². The number of halogens is 1. The number of hydrogen-bond acceptors (Lipinski definition) is 4. The first-order valence-electron chi connectivity index (χ1n) is 10.9. The molecule has 2 rings (SSSR count). The number of alkyl halides is 1. The first-order valence-corrected chi connectivity index (χ1v) is 12.4. The average molecular weight is 440 g/mol. The number of amides is 1. The topological polar surface area (TPSA) is 79.4 Å². The van der Waals surface area contributed by atoms with E-state index in [0.717, 1.165) is 44.1 Å². The fourth-order valence-electron chi connectivity index (χ4n) is 3.72. The highest BCUT2D eigenvalue weighted by molar-refractivity contribution is 7.89. The average Bonchev–Trinajstić information content (AvgIpc) is 2.77. The smallest absolute Gasteiger partial charge is 0.243 e. The van der Waals surface area contributed by atoms with Gasteiger partial charge in [-0.05, 0) is 43.4 Å². The minimum Gasteiger partial charge on any atom is -0.353 e. The molecule has 0 unspecified atom stereocenters. The number of rotatable bonds is 13. The van der Waals surface area contributed by atoms with Crippen molar-refractivity contribution in [1.82, 2.24) is 14.6 Å². The molecule has 1 fully saturated rings. The highest BCUT2D eigenvalue weighted by Crippen LogP contribution is 2.26. The molecule has 1 aromatic rings. The third-order valence-electron chi connectivity index (χ3n) is 5.41. The zero-order valence-electron chi connectivity index (χ0n) is 17.6. The number of aromatic nitrogens is 1. The van der Waals surface area contributed by atoms with Crippen LogP contribution in [0.15, 0.2) is 30.6 Å². The largest absolute Gasteiger partial charge is 0.353 e. The number of nitrogens with zero attached hydrogens (tertiary/aromatic N) is 2. The third-order valence-corrected chi connectivity index (χ3v) is 7.81. The normalized spacial score (nSPS) is 15.7. The monoisotopic (exact) mass is 439 g/mol. The summed E-state index contributed by atoms with van der Waals surface area (Å²) in [6.07, 6.45) is 14.2. The molecule has 8 heteroatoms. The Morgan fingerprint density at radius 3 is 2.63 bits per heavy atom. The van der Waals surface area contributed by atoms with Gasteiger partial charge in [0, 0.05) is 38.1 Å². The first-order chi connectivity index (χ1) is 14.5.